The molecule has 2 aliphatic heterocycles. The van der Waals surface area contributed by atoms with Gasteiger partial charge in [-0.3, -0.25) is 9.78 Å². The van der Waals surface area contributed by atoms with Crippen LogP contribution in [0.2, 0.25) is 0 Å². The zero-order chi connectivity index (χ0) is 22.6. The summed E-state index contributed by atoms with van der Waals surface area (Å²) in [6.07, 6.45) is 5.77. The standard InChI is InChI=1S/C27H32N4O2/c1-19-2-4-23(5-3-19)31-14-10-24(11-15-31)33-25-6-7-26-20(17-25)16-21(18-29-26)27(32)30-22-8-12-28-13-9-22/h2-7,16-18,22,24,28H,8-15H2,1H3,(H,30,32). The highest BCUT2D eigenvalue weighted by atomic mass is 16.5. The highest BCUT2D eigenvalue weighted by Gasteiger charge is 2.21. The van der Waals surface area contributed by atoms with Crippen molar-refractivity contribution in [1.29, 1.82) is 0 Å². The van der Waals surface area contributed by atoms with Crippen molar-refractivity contribution in [2.24, 2.45) is 0 Å². The van der Waals surface area contributed by atoms with Gasteiger partial charge in [0, 0.05) is 49.2 Å². The van der Waals surface area contributed by atoms with Crippen LogP contribution < -0.4 is 20.3 Å². The second-order valence-electron chi connectivity index (χ2n) is 9.22. The van der Waals surface area contributed by atoms with Gasteiger partial charge in [0.2, 0.25) is 0 Å². The summed E-state index contributed by atoms with van der Waals surface area (Å²) in [5.74, 6) is 0.792. The Kier molecular flexibility index (Phi) is 6.44. The SMILES string of the molecule is Cc1ccc(N2CCC(Oc3ccc4ncc(C(=O)NC5CCNCC5)cc4c3)CC2)cc1. The van der Waals surface area contributed by atoms with E-state index in [-0.39, 0.29) is 18.1 Å². The third-order valence-electron chi connectivity index (χ3n) is 6.73. The Morgan fingerprint density at radius 2 is 1.79 bits per heavy atom. The summed E-state index contributed by atoms with van der Waals surface area (Å²) < 4.78 is 6.33. The van der Waals surface area contributed by atoms with E-state index in [1.54, 1.807) is 6.20 Å². The molecule has 1 aromatic heterocycles. The third kappa shape index (κ3) is 5.28. The van der Waals surface area contributed by atoms with Gasteiger partial charge in [-0.05, 0) is 69.3 Å². The number of carbonyl (C=O) groups is 1. The fourth-order valence-electron chi connectivity index (χ4n) is 4.72. The van der Waals surface area contributed by atoms with E-state index in [0.29, 0.717) is 5.56 Å². The molecule has 0 unspecified atom stereocenters. The number of hydrogen-bond acceptors (Lipinski definition) is 5. The molecule has 2 saturated heterocycles. The van der Waals surface area contributed by atoms with E-state index in [1.807, 2.05) is 24.3 Å². The number of ether oxygens (including phenoxy) is 1. The first-order chi connectivity index (χ1) is 16.1. The average Bonchev–Trinajstić information content (AvgIpc) is 2.85. The average molecular weight is 445 g/mol. The van der Waals surface area contributed by atoms with Crippen molar-refractivity contribution in [3.63, 3.8) is 0 Å². The van der Waals surface area contributed by atoms with Crippen molar-refractivity contribution in [2.45, 2.75) is 44.8 Å². The fraction of sp³-hybridized carbons (Fsp3) is 0.407. The van der Waals surface area contributed by atoms with Gasteiger partial charge in [0.05, 0.1) is 11.1 Å². The summed E-state index contributed by atoms with van der Waals surface area (Å²) in [5.41, 5.74) is 4.04. The second kappa shape index (κ2) is 9.79. The summed E-state index contributed by atoms with van der Waals surface area (Å²) in [6, 6.07) is 16.9. The Hall–Kier alpha value is -3.12. The zero-order valence-corrected chi connectivity index (χ0v) is 19.2. The van der Waals surface area contributed by atoms with Crippen LogP contribution in [0.1, 0.15) is 41.6 Å². The largest absolute Gasteiger partial charge is 0.490 e. The number of rotatable bonds is 5. The normalized spacial score (nSPS) is 17.8. The van der Waals surface area contributed by atoms with Crippen LogP contribution in [0.3, 0.4) is 0 Å². The number of anilines is 1. The van der Waals surface area contributed by atoms with Gasteiger partial charge in [0.1, 0.15) is 11.9 Å². The molecule has 1 amide bonds. The first-order valence-electron chi connectivity index (χ1n) is 12.0. The third-order valence-corrected chi connectivity index (χ3v) is 6.73. The van der Waals surface area contributed by atoms with Crippen molar-refractivity contribution < 1.29 is 9.53 Å². The van der Waals surface area contributed by atoms with Crippen molar-refractivity contribution in [1.82, 2.24) is 15.6 Å². The molecule has 6 heteroatoms. The Morgan fingerprint density at radius 3 is 2.55 bits per heavy atom. The molecule has 0 bridgehead atoms. The van der Waals surface area contributed by atoms with E-state index in [1.165, 1.54) is 11.3 Å². The molecule has 2 fully saturated rings. The van der Waals surface area contributed by atoms with Crippen molar-refractivity contribution in [3.05, 3.63) is 65.9 Å². The number of aromatic nitrogens is 1. The summed E-state index contributed by atoms with van der Waals surface area (Å²) in [4.78, 5) is 19.6. The number of nitrogens with zero attached hydrogens (tertiary/aromatic N) is 2. The molecule has 172 valence electrons. The number of piperidine rings is 2. The van der Waals surface area contributed by atoms with Gasteiger partial charge in [0.15, 0.2) is 0 Å². The molecular formula is C27H32N4O2. The highest BCUT2D eigenvalue weighted by Crippen LogP contribution is 2.26. The molecule has 2 N–H and O–H groups in total. The molecule has 2 aromatic carbocycles. The lowest BCUT2D eigenvalue weighted by atomic mass is 10.1. The molecule has 5 rings (SSSR count). The first kappa shape index (κ1) is 21.7. The molecular weight excluding hydrogens is 412 g/mol. The molecule has 33 heavy (non-hydrogen) atoms. The number of fused-ring (bicyclic) bond motifs is 1. The monoisotopic (exact) mass is 444 g/mol. The van der Waals surface area contributed by atoms with Gasteiger partial charge in [-0.2, -0.15) is 0 Å². The summed E-state index contributed by atoms with van der Waals surface area (Å²) in [5, 5.41) is 7.40. The van der Waals surface area contributed by atoms with Gasteiger partial charge in [-0.25, -0.2) is 0 Å². The number of benzene rings is 2. The number of nitrogens with one attached hydrogen (secondary N) is 2. The molecule has 3 aromatic rings. The van der Waals surface area contributed by atoms with Crippen LogP contribution in [-0.2, 0) is 0 Å². The van der Waals surface area contributed by atoms with Crippen molar-refractivity contribution >= 4 is 22.5 Å². The lowest BCUT2D eigenvalue weighted by Gasteiger charge is -2.33. The van der Waals surface area contributed by atoms with E-state index in [0.717, 1.165) is 68.5 Å². The van der Waals surface area contributed by atoms with Crippen LogP contribution in [0.15, 0.2) is 54.7 Å². The number of hydrogen-bond donors (Lipinski definition) is 2. The summed E-state index contributed by atoms with van der Waals surface area (Å²) in [7, 11) is 0. The van der Waals surface area contributed by atoms with E-state index < -0.39 is 0 Å². The van der Waals surface area contributed by atoms with E-state index >= 15 is 0 Å². The topological polar surface area (TPSA) is 66.5 Å². The number of carbonyl (C=O) groups excluding carboxylic acids is 1. The maximum absolute atomic E-state index is 12.7. The predicted molar refractivity (Wildman–Crippen MR) is 132 cm³/mol. The van der Waals surface area contributed by atoms with Crippen LogP contribution in [0, 0.1) is 6.92 Å². The maximum atomic E-state index is 12.7. The molecule has 0 saturated carbocycles. The second-order valence-corrected chi connectivity index (χ2v) is 9.22. The minimum absolute atomic E-state index is 0.0499. The van der Waals surface area contributed by atoms with Gasteiger partial charge < -0.3 is 20.3 Å². The minimum atomic E-state index is -0.0499. The van der Waals surface area contributed by atoms with Crippen molar-refractivity contribution in [2.75, 3.05) is 31.1 Å². The van der Waals surface area contributed by atoms with Gasteiger partial charge in [-0.1, -0.05) is 17.7 Å². The maximum Gasteiger partial charge on any atom is 0.253 e. The van der Waals surface area contributed by atoms with E-state index in [4.69, 9.17) is 4.74 Å². The minimum Gasteiger partial charge on any atom is -0.490 e. The Bertz CT molecular complexity index is 1100. The Labute approximate surface area is 195 Å². The quantitative estimate of drug-likeness (QED) is 0.621. The van der Waals surface area contributed by atoms with Crippen LogP contribution in [0.4, 0.5) is 5.69 Å². The summed E-state index contributed by atoms with van der Waals surface area (Å²) >= 11 is 0. The number of amides is 1. The lowest BCUT2D eigenvalue weighted by Crippen LogP contribution is -2.42. The van der Waals surface area contributed by atoms with E-state index in [2.05, 4.69) is 51.7 Å². The zero-order valence-electron chi connectivity index (χ0n) is 19.2. The molecule has 0 spiro atoms. The van der Waals surface area contributed by atoms with Crippen LogP contribution in [0.25, 0.3) is 10.9 Å². The first-order valence-corrected chi connectivity index (χ1v) is 12.0. The van der Waals surface area contributed by atoms with Crippen LogP contribution in [-0.4, -0.2) is 49.2 Å². The van der Waals surface area contributed by atoms with Gasteiger partial charge >= 0.3 is 0 Å². The molecule has 6 nitrogen and oxygen atoms in total. The predicted octanol–water partition coefficient (Wildman–Crippen LogP) is 4.07. The smallest absolute Gasteiger partial charge is 0.253 e. The van der Waals surface area contributed by atoms with Gasteiger partial charge in [-0.15, -0.1) is 0 Å². The highest BCUT2D eigenvalue weighted by molar-refractivity contribution is 5.97. The van der Waals surface area contributed by atoms with Crippen molar-refractivity contribution in [3.8, 4) is 5.75 Å². The Morgan fingerprint density at radius 1 is 1.03 bits per heavy atom. The van der Waals surface area contributed by atoms with Crippen LogP contribution in [0.5, 0.6) is 5.75 Å². The number of aryl methyl sites for hydroxylation is 1. The molecule has 0 atom stereocenters. The van der Waals surface area contributed by atoms with E-state index in [9.17, 15) is 4.79 Å². The molecule has 2 aliphatic rings. The molecule has 0 aliphatic carbocycles. The summed E-state index contributed by atoms with van der Waals surface area (Å²) in [6.45, 7) is 6.00. The molecule has 0 radical (unpaired) electrons. The van der Waals surface area contributed by atoms with Gasteiger partial charge in [0.25, 0.3) is 5.91 Å². The van der Waals surface area contributed by atoms with Crippen LogP contribution >= 0.6 is 0 Å². The lowest BCUT2D eigenvalue weighted by molar-refractivity contribution is 0.0929. The number of pyridine rings is 1. The Balaban J connectivity index is 1.21. The fourth-order valence-corrected chi connectivity index (χ4v) is 4.72. The molecule has 3 heterocycles.